The molecule has 0 aliphatic carbocycles. The number of hydrogen-bond donors (Lipinski definition) is 3. The van der Waals surface area contributed by atoms with Gasteiger partial charge in [0, 0.05) is 33.7 Å². The average molecular weight is 586 g/mol. The van der Waals surface area contributed by atoms with E-state index in [4.69, 9.17) is 16.8 Å². The van der Waals surface area contributed by atoms with Crippen LogP contribution in [0.15, 0.2) is 77.3 Å². The van der Waals surface area contributed by atoms with Crippen LogP contribution in [0.4, 0.5) is 16.2 Å². The minimum atomic E-state index is -0.840. The molecule has 1 unspecified atom stereocenters. The average Bonchev–Trinajstić information content (AvgIpc) is 3.13. The number of anilines is 2. The van der Waals surface area contributed by atoms with Crippen LogP contribution in [0, 0.1) is 0 Å². The topological polar surface area (TPSA) is 119 Å². The minimum absolute atomic E-state index is 0.0200. The molecule has 1 fully saturated rings. The second kappa shape index (κ2) is 11.5. The van der Waals surface area contributed by atoms with Crippen LogP contribution >= 0.6 is 27.5 Å². The van der Waals surface area contributed by atoms with E-state index in [1.807, 2.05) is 24.3 Å². The molecule has 1 saturated heterocycles. The van der Waals surface area contributed by atoms with Crippen LogP contribution in [0.5, 0.6) is 0 Å². The number of amides is 5. The van der Waals surface area contributed by atoms with Gasteiger partial charge in [-0.05, 0) is 72.6 Å². The van der Waals surface area contributed by atoms with Gasteiger partial charge >= 0.3 is 6.03 Å². The molecule has 37 heavy (non-hydrogen) atoms. The van der Waals surface area contributed by atoms with Crippen molar-refractivity contribution >= 4 is 62.7 Å². The van der Waals surface area contributed by atoms with Gasteiger partial charge in [0.25, 0.3) is 11.8 Å². The fourth-order valence-electron chi connectivity index (χ4n) is 3.97. The largest absolute Gasteiger partial charge is 0.332 e. The summed E-state index contributed by atoms with van der Waals surface area (Å²) >= 11 is 9.36. The van der Waals surface area contributed by atoms with Crippen LogP contribution in [0.2, 0.25) is 5.02 Å². The lowest BCUT2D eigenvalue weighted by atomic mass is 10.1. The Morgan fingerprint density at radius 1 is 0.946 bits per heavy atom. The van der Waals surface area contributed by atoms with Crippen molar-refractivity contribution < 1.29 is 24.4 Å². The number of hydrogen-bond acceptors (Lipinski definition) is 5. The molecule has 9 nitrogen and oxygen atoms in total. The molecular formula is C26H22BrClN4O5. The molecule has 3 N–H and O–H groups in total. The third-order valence-corrected chi connectivity index (χ3v) is 6.63. The third kappa shape index (κ3) is 6.16. The minimum Gasteiger partial charge on any atom is -0.326 e. The number of hydroxylamine groups is 1. The second-order valence-electron chi connectivity index (χ2n) is 8.31. The molecule has 3 aromatic rings. The molecule has 0 aromatic heterocycles. The number of carbonyl (C=O) groups excluding carboxylic acids is 4. The van der Waals surface area contributed by atoms with E-state index in [1.54, 1.807) is 24.3 Å². The first-order valence-corrected chi connectivity index (χ1v) is 12.4. The number of halogens is 2. The quantitative estimate of drug-likeness (QED) is 0.196. The predicted molar refractivity (Wildman–Crippen MR) is 141 cm³/mol. The fourth-order valence-corrected chi connectivity index (χ4v) is 4.36. The van der Waals surface area contributed by atoms with E-state index >= 15 is 0 Å². The summed E-state index contributed by atoms with van der Waals surface area (Å²) in [4.78, 5) is 53.4. The highest BCUT2D eigenvalue weighted by molar-refractivity contribution is 9.10. The highest BCUT2D eigenvalue weighted by Crippen LogP contribution is 2.30. The Morgan fingerprint density at radius 3 is 2.22 bits per heavy atom. The Balaban J connectivity index is 1.49. The monoisotopic (exact) mass is 584 g/mol. The first kappa shape index (κ1) is 26.3. The zero-order chi connectivity index (χ0) is 26.5. The van der Waals surface area contributed by atoms with Crippen LogP contribution in [-0.4, -0.2) is 39.9 Å². The molecule has 1 heterocycles. The zero-order valence-corrected chi connectivity index (χ0v) is 21.7. The summed E-state index contributed by atoms with van der Waals surface area (Å²) in [5.41, 5.74) is 3.45. The fraction of sp³-hybridized carbons (Fsp3) is 0.154. The number of carbonyl (C=O) groups is 4. The summed E-state index contributed by atoms with van der Waals surface area (Å²) in [6.07, 6.45) is 0.0931. The molecule has 3 aromatic carbocycles. The number of imide groups is 1. The lowest BCUT2D eigenvalue weighted by Gasteiger charge is -2.22. The van der Waals surface area contributed by atoms with Gasteiger partial charge in [0.15, 0.2) is 0 Å². The summed E-state index contributed by atoms with van der Waals surface area (Å²) in [5.74, 6) is -1.44. The standard InChI is InChI=1S/C26H22BrClN4O5/c27-18-5-1-16(2-6-18)15-31-22(25(35)32(26(31)36)21-11-7-19(28)8-12-21)13-14-23(33)29-20-9-3-17(4-10-20)24(34)30-37/h1-12,22,37H,13-15H2,(H,29,33)(H,30,34). The molecular weight excluding hydrogens is 564 g/mol. The van der Waals surface area contributed by atoms with E-state index in [0.29, 0.717) is 16.4 Å². The van der Waals surface area contributed by atoms with Crippen molar-refractivity contribution in [3.63, 3.8) is 0 Å². The van der Waals surface area contributed by atoms with Crippen molar-refractivity contribution in [1.29, 1.82) is 0 Å². The van der Waals surface area contributed by atoms with Gasteiger partial charge in [0.2, 0.25) is 5.91 Å². The summed E-state index contributed by atoms with van der Waals surface area (Å²) in [6, 6.07) is 18.5. The zero-order valence-electron chi connectivity index (χ0n) is 19.4. The van der Waals surface area contributed by atoms with Crippen LogP contribution in [-0.2, 0) is 16.1 Å². The van der Waals surface area contributed by atoms with Crippen LogP contribution in [0.1, 0.15) is 28.8 Å². The molecule has 1 atom stereocenters. The van der Waals surface area contributed by atoms with Gasteiger partial charge in [0.05, 0.1) is 5.69 Å². The Bertz CT molecular complexity index is 1320. The predicted octanol–water partition coefficient (Wildman–Crippen LogP) is 4.98. The second-order valence-corrected chi connectivity index (χ2v) is 9.66. The summed E-state index contributed by atoms with van der Waals surface area (Å²) in [7, 11) is 0. The van der Waals surface area contributed by atoms with E-state index in [-0.39, 0.29) is 30.9 Å². The number of nitrogens with one attached hydrogen (secondary N) is 2. The maximum Gasteiger partial charge on any atom is 0.332 e. The first-order valence-electron chi connectivity index (χ1n) is 11.3. The van der Waals surface area contributed by atoms with Crippen molar-refractivity contribution in [2.75, 3.05) is 10.2 Å². The third-order valence-electron chi connectivity index (χ3n) is 5.85. The first-order chi connectivity index (χ1) is 17.8. The van der Waals surface area contributed by atoms with E-state index in [1.165, 1.54) is 34.6 Å². The van der Waals surface area contributed by atoms with Gasteiger partial charge < -0.3 is 10.2 Å². The van der Waals surface area contributed by atoms with Gasteiger partial charge in [0.1, 0.15) is 6.04 Å². The molecule has 4 rings (SSSR count). The molecule has 5 amide bonds. The van der Waals surface area contributed by atoms with Crippen molar-refractivity contribution in [3.8, 4) is 0 Å². The van der Waals surface area contributed by atoms with Gasteiger partial charge in [-0.25, -0.2) is 15.2 Å². The van der Waals surface area contributed by atoms with Gasteiger partial charge in [-0.15, -0.1) is 0 Å². The maximum atomic E-state index is 13.4. The maximum absolute atomic E-state index is 13.4. The van der Waals surface area contributed by atoms with Crippen LogP contribution in [0.25, 0.3) is 0 Å². The van der Waals surface area contributed by atoms with Crippen molar-refractivity contribution in [3.05, 3.63) is 93.4 Å². The van der Waals surface area contributed by atoms with E-state index in [0.717, 1.165) is 14.9 Å². The SMILES string of the molecule is O=C(CCC1C(=O)N(c2ccc(Cl)cc2)C(=O)N1Cc1ccc(Br)cc1)Nc1ccc(C(=O)NO)cc1. The summed E-state index contributed by atoms with van der Waals surface area (Å²) in [5, 5.41) is 11.9. The Kier molecular flexibility index (Phi) is 8.22. The number of benzene rings is 3. The number of urea groups is 1. The molecule has 0 saturated carbocycles. The van der Waals surface area contributed by atoms with Crippen LogP contribution in [0.3, 0.4) is 0 Å². The molecule has 0 radical (unpaired) electrons. The van der Waals surface area contributed by atoms with Gasteiger partial charge in [-0.2, -0.15) is 0 Å². The molecule has 0 bridgehead atoms. The Labute approximate surface area is 226 Å². The van der Waals surface area contributed by atoms with Crippen molar-refractivity contribution in [2.45, 2.75) is 25.4 Å². The molecule has 11 heteroatoms. The summed E-state index contributed by atoms with van der Waals surface area (Å²) in [6.45, 7) is 0.197. The van der Waals surface area contributed by atoms with E-state index in [9.17, 15) is 19.2 Å². The highest BCUT2D eigenvalue weighted by atomic mass is 79.9. The van der Waals surface area contributed by atoms with E-state index in [2.05, 4.69) is 21.2 Å². The van der Waals surface area contributed by atoms with Crippen LogP contribution < -0.4 is 15.7 Å². The number of rotatable bonds is 8. The highest BCUT2D eigenvalue weighted by Gasteiger charge is 2.45. The Morgan fingerprint density at radius 2 is 1.59 bits per heavy atom. The smallest absolute Gasteiger partial charge is 0.326 e. The normalized spacial score (nSPS) is 15.2. The number of nitrogens with zero attached hydrogens (tertiary/aromatic N) is 2. The molecule has 0 spiro atoms. The summed E-state index contributed by atoms with van der Waals surface area (Å²) < 4.78 is 0.890. The lowest BCUT2D eigenvalue weighted by molar-refractivity contribution is -0.120. The van der Waals surface area contributed by atoms with E-state index < -0.39 is 23.9 Å². The Hall–Kier alpha value is -3.73. The van der Waals surface area contributed by atoms with Crippen molar-refractivity contribution in [2.24, 2.45) is 0 Å². The lowest BCUT2D eigenvalue weighted by Crippen LogP contribution is -2.35. The molecule has 1 aliphatic heterocycles. The van der Waals surface area contributed by atoms with Crippen molar-refractivity contribution in [1.82, 2.24) is 10.4 Å². The van der Waals surface area contributed by atoms with Gasteiger partial charge in [-0.1, -0.05) is 39.7 Å². The van der Waals surface area contributed by atoms with Gasteiger partial charge in [-0.3, -0.25) is 19.6 Å². The molecule has 190 valence electrons. The molecule has 1 aliphatic rings.